The van der Waals surface area contributed by atoms with Crippen molar-refractivity contribution in [1.82, 2.24) is 4.90 Å². The van der Waals surface area contributed by atoms with Crippen molar-refractivity contribution in [1.29, 1.82) is 0 Å². The standard InChI is InChI=1S/C12H13Cl2NO5S/c1-6(11(16)15(2)3)21(19,20)10-4-7(12(17)18)8(13)5-9(10)14/h4-6H,1-3H3,(H,17,18). The van der Waals surface area contributed by atoms with Crippen LogP contribution < -0.4 is 0 Å². The summed E-state index contributed by atoms with van der Waals surface area (Å²) in [5.41, 5.74) is -0.399. The minimum atomic E-state index is -4.13. The van der Waals surface area contributed by atoms with Gasteiger partial charge >= 0.3 is 5.97 Å². The number of amides is 1. The molecule has 1 atom stereocenters. The number of aromatic carboxylic acids is 1. The zero-order valence-corrected chi connectivity index (χ0v) is 13.8. The van der Waals surface area contributed by atoms with Crippen LogP contribution in [0.3, 0.4) is 0 Å². The normalized spacial score (nSPS) is 12.8. The molecule has 9 heteroatoms. The van der Waals surface area contributed by atoms with Gasteiger partial charge in [0.05, 0.1) is 20.5 Å². The van der Waals surface area contributed by atoms with Crippen molar-refractivity contribution in [3.8, 4) is 0 Å². The van der Waals surface area contributed by atoms with Crippen LogP contribution in [0.25, 0.3) is 0 Å². The van der Waals surface area contributed by atoms with Crippen molar-refractivity contribution in [2.75, 3.05) is 14.1 Å². The second-order valence-electron chi connectivity index (χ2n) is 4.49. The first-order valence-corrected chi connectivity index (χ1v) is 7.97. The van der Waals surface area contributed by atoms with Crippen LogP contribution in [0, 0.1) is 0 Å². The Morgan fingerprint density at radius 1 is 1.19 bits per heavy atom. The molecule has 0 aliphatic rings. The molecule has 0 fully saturated rings. The molecular weight excluding hydrogens is 341 g/mol. The fourth-order valence-corrected chi connectivity index (χ4v) is 3.85. The lowest BCUT2D eigenvalue weighted by atomic mass is 10.2. The van der Waals surface area contributed by atoms with Crippen LogP contribution in [0.1, 0.15) is 17.3 Å². The van der Waals surface area contributed by atoms with Gasteiger partial charge in [-0.1, -0.05) is 23.2 Å². The van der Waals surface area contributed by atoms with E-state index in [0.29, 0.717) is 0 Å². The number of benzene rings is 1. The van der Waals surface area contributed by atoms with E-state index in [-0.39, 0.29) is 10.0 Å². The summed E-state index contributed by atoms with van der Waals surface area (Å²) in [6.45, 7) is 1.21. The molecule has 1 rings (SSSR count). The van der Waals surface area contributed by atoms with Crippen LogP contribution in [-0.2, 0) is 14.6 Å². The van der Waals surface area contributed by atoms with E-state index >= 15 is 0 Å². The molecule has 0 saturated heterocycles. The highest BCUT2D eigenvalue weighted by molar-refractivity contribution is 7.92. The molecular formula is C12H13Cl2NO5S. The molecule has 0 aromatic heterocycles. The van der Waals surface area contributed by atoms with Crippen molar-refractivity contribution >= 4 is 44.9 Å². The Hall–Kier alpha value is -1.31. The lowest BCUT2D eigenvalue weighted by Gasteiger charge is -2.18. The summed E-state index contributed by atoms with van der Waals surface area (Å²) in [7, 11) is -1.30. The topological polar surface area (TPSA) is 91.8 Å². The predicted molar refractivity (Wildman–Crippen MR) is 78.8 cm³/mol. The molecule has 0 heterocycles. The molecule has 21 heavy (non-hydrogen) atoms. The predicted octanol–water partition coefficient (Wildman–Crippen LogP) is 1.94. The number of carbonyl (C=O) groups is 2. The Morgan fingerprint density at radius 2 is 1.71 bits per heavy atom. The first-order valence-electron chi connectivity index (χ1n) is 5.67. The zero-order valence-electron chi connectivity index (χ0n) is 11.4. The van der Waals surface area contributed by atoms with Crippen molar-refractivity contribution < 1.29 is 23.1 Å². The SMILES string of the molecule is CC(C(=O)N(C)C)S(=O)(=O)c1cc(C(=O)O)c(Cl)cc1Cl. The molecule has 0 bridgehead atoms. The fourth-order valence-electron chi connectivity index (χ4n) is 1.60. The average molecular weight is 354 g/mol. The van der Waals surface area contributed by atoms with Crippen LogP contribution in [0.5, 0.6) is 0 Å². The Bertz CT molecular complexity index is 700. The van der Waals surface area contributed by atoms with Gasteiger partial charge in [0.15, 0.2) is 9.84 Å². The summed E-state index contributed by atoms with van der Waals surface area (Å²) in [4.78, 5) is 23.5. The quantitative estimate of drug-likeness (QED) is 0.892. The number of carbonyl (C=O) groups excluding carboxylic acids is 1. The first-order chi connectivity index (χ1) is 9.50. The molecule has 116 valence electrons. The maximum absolute atomic E-state index is 12.4. The zero-order chi connectivity index (χ0) is 16.5. The monoisotopic (exact) mass is 353 g/mol. The number of rotatable bonds is 4. The lowest BCUT2D eigenvalue weighted by Crippen LogP contribution is -2.37. The molecule has 6 nitrogen and oxygen atoms in total. The highest BCUT2D eigenvalue weighted by Crippen LogP contribution is 2.31. The Labute approximate surface area is 132 Å². The molecule has 0 spiro atoms. The number of hydrogen-bond acceptors (Lipinski definition) is 4. The molecule has 0 radical (unpaired) electrons. The summed E-state index contributed by atoms with van der Waals surface area (Å²) in [6, 6.07) is 1.90. The van der Waals surface area contributed by atoms with Gasteiger partial charge in [-0.15, -0.1) is 0 Å². The maximum Gasteiger partial charge on any atom is 0.337 e. The minimum absolute atomic E-state index is 0.182. The minimum Gasteiger partial charge on any atom is -0.478 e. The smallest absolute Gasteiger partial charge is 0.337 e. The third-order valence-corrected chi connectivity index (χ3v) is 5.63. The molecule has 1 aromatic carbocycles. The Kier molecular flexibility index (Phi) is 5.25. The molecule has 1 aromatic rings. The van der Waals surface area contributed by atoms with Gasteiger partial charge in [-0.2, -0.15) is 0 Å². The average Bonchev–Trinajstić information content (AvgIpc) is 2.35. The first kappa shape index (κ1) is 17.7. The lowest BCUT2D eigenvalue weighted by molar-refractivity contribution is -0.127. The van der Waals surface area contributed by atoms with E-state index in [1.54, 1.807) is 0 Å². The van der Waals surface area contributed by atoms with E-state index in [2.05, 4.69) is 0 Å². The van der Waals surface area contributed by atoms with E-state index in [4.69, 9.17) is 28.3 Å². The Morgan fingerprint density at radius 3 is 2.14 bits per heavy atom. The van der Waals surface area contributed by atoms with Crippen LogP contribution in [-0.4, -0.2) is 49.6 Å². The maximum atomic E-state index is 12.4. The number of carboxylic acid groups (broad SMARTS) is 1. The number of nitrogens with zero attached hydrogens (tertiary/aromatic N) is 1. The summed E-state index contributed by atoms with van der Waals surface area (Å²) < 4.78 is 24.8. The van der Waals surface area contributed by atoms with Gasteiger partial charge < -0.3 is 10.0 Å². The van der Waals surface area contributed by atoms with E-state index < -0.39 is 37.4 Å². The second kappa shape index (κ2) is 6.21. The number of carboxylic acids is 1. The summed E-state index contributed by atoms with van der Waals surface area (Å²) in [5.74, 6) is -2.03. The highest BCUT2D eigenvalue weighted by Gasteiger charge is 2.33. The van der Waals surface area contributed by atoms with E-state index in [0.717, 1.165) is 17.0 Å². The van der Waals surface area contributed by atoms with Crippen molar-refractivity contribution in [2.45, 2.75) is 17.1 Å². The van der Waals surface area contributed by atoms with Gasteiger partial charge in [-0.05, 0) is 19.1 Å². The van der Waals surface area contributed by atoms with Gasteiger partial charge in [0.2, 0.25) is 5.91 Å². The number of sulfone groups is 1. The third kappa shape index (κ3) is 3.48. The van der Waals surface area contributed by atoms with Crippen LogP contribution in [0.4, 0.5) is 0 Å². The van der Waals surface area contributed by atoms with E-state index in [1.165, 1.54) is 21.0 Å². The van der Waals surface area contributed by atoms with Gasteiger partial charge in [-0.3, -0.25) is 4.79 Å². The molecule has 0 aliphatic carbocycles. The molecule has 0 aliphatic heterocycles. The highest BCUT2D eigenvalue weighted by atomic mass is 35.5. The van der Waals surface area contributed by atoms with E-state index in [1.807, 2.05) is 0 Å². The van der Waals surface area contributed by atoms with Gasteiger partial charge in [0.25, 0.3) is 0 Å². The Balaban J connectivity index is 3.49. The summed E-state index contributed by atoms with van der Waals surface area (Å²) >= 11 is 11.5. The van der Waals surface area contributed by atoms with Gasteiger partial charge in [0.1, 0.15) is 5.25 Å². The summed E-state index contributed by atoms with van der Waals surface area (Å²) in [5, 5.41) is 7.17. The van der Waals surface area contributed by atoms with E-state index in [9.17, 15) is 18.0 Å². The van der Waals surface area contributed by atoms with Gasteiger partial charge in [0, 0.05) is 14.1 Å². The molecule has 1 amide bonds. The van der Waals surface area contributed by atoms with Crippen LogP contribution in [0.15, 0.2) is 17.0 Å². The number of hydrogen-bond donors (Lipinski definition) is 1. The number of halogens is 2. The fraction of sp³-hybridized carbons (Fsp3) is 0.333. The summed E-state index contributed by atoms with van der Waals surface area (Å²) in [6.07, 6.45) is 0. The largest absolute Gasteiger partial charge is 0.478 e. The van der Waals surface area contributed by atoms with Crippen molar-refractivity contribution in [3.05, 3.63) is 27.7 Å². The van der Waals surface area contributed by atoms with Crippen LogP contribution >= 0.6 is 23.2 Å². The molecule has 0 saturated carbocycles. The second-order valence-corrected chi connectivity index (χ2v) is 7.54. The van der Waals surface area contributed by atoms with Crippen molar-refractivity contribution in [3.63, 3.8) is 0 Å². The van der Waals surface area contributed by atoms with Crippen LogP contribution in [0.2, 0.25) is 10.0 Å². The molecule has 1 N–H and O–H groups in total. The van der Waals surface area contributed by atoms with Gasteiger partial charge in [-0.25, -0.2) is 13.2 Å². The molecule has 1 unspecified atom stereocenters. The van der Waals surface area contributed by atoms with Crippen molar-refractivity contribution in [2.24, 2.45) is 0 Å². The third-order valence-electron chi connectivity index (χ3n) is 2.81.